The molecule has 0 saturated heterocycles. The van der Waals surface area contributed by atoms with Gasteiger partial charge in [0.2, 0.25) is 11.9 Å². The molecule has 0 atom stereocenters. The molecule has 3 amide bonds. The number of nitrogens with two attached hydrogens (primary N) is 4. The van der Waals surface area contributed by atoms with E-state index in [2.05, 4.69) is 72.1 Å². The Morgan fingerprint density at radius 3 is 1.59 bits per heavy atom. The fourth-order valence-electron chi connectivity index (χ4n) is 6.12. The summed E-state index contributed by atoms with van der Waals surface area (Å²) in [5.41, 5.74) is 31.3. The molecule has 0 bridgehead atoms. The molecule has 314 valence electrons. The van der Waals surface area contributed by atoms with Crippen molar-refractivity contribution in [3.8, 4) is 23.7 Å². The highest BCUT2D eigenvalue weighted by Gasteiger charge is 2.23. The lowest BCUT2D eigenvalue weighted by atomic mass is 9.98. The number of nitrogens with zero attached hydrogens (tertiary/aromatic N) is 8. The third-order valence-corrected chi connectivity index (χ3v) is 9.14. The van der Waals surface area contributed by atoms with Gasteiger partial charge < -0.3 is 38.1 Å². The van der Waals surface area contributed by atoms with Gasteiger partial charge in [-0.15, -0.1) is 0 Å². The summed E-state index contributed by atoms with van der Waals surface area (Å²) in [4.78, 5) is 53.7. The van der Waals surface area contributed by atoms with Crippen LogP contribution in [0.5, 0.6) is 0 Å². The monoisotopic (exact) mass is 819 g/mol. The third kappa shape index (κ3) is 12.6. The van der Waals surface area contributed by atoms with Gasteiger partial charge in [0.1, 0.15) is 11.6 Å². The minimum atomic E-state index is -0.0838. The van der Waals surface area contributed by atoms with E-state index in [9.17, 15) is 9.59 Å². The van der Waals surface area contributed by atoms with Crippen molar-refractivity contribution in [2.45, 2.75) is 47.5 Å². The van der Waals surface area contributed by atoms with E-state index in [-0.39, 0.29) is 23.8 Å². The van der Waals surface area contributed by atoms with Gasteiger partial charge in [-0.05, 0) is 69.0 Å². The van der Waals surface area contributed by atoms with Crippen molar-refractivity contribution in [1.82, 2.24) is 45.0 Å². The Bertz CT molecular complexity index is 2470. The summed E-state index contributed by atoms with van der Waals surface area (Å²) >= 11 is 0. The van der Waals surface area contributed by atoms with E-state index in [0.717, 1.165) is 33.5 Å². The molecule has 4 aromatic rings. The van der Waals surface area contributed by atoms with Gasteiger partial charge in [0, 0.05) is 61.8 Å². The second-order valence-electron chi connectivity index (χ2n) is 13.3. The van der Waals surface area contributed by atoms with Gasteiger partial charge in [-0.25, -0.2) is 34.7 Å². The topological polar surface area (TPSA) is 234 Å². The molecule has 0 spiro atoms. The Kier molecular flexibility index (Phi) is 16.9. The van der Waals surface area contributed by atoms with Crippen LogP contribution in [0.25, 0.3) is 11.1 Å². The van der Waals surface area contributed by atoms with Gasteiger partial charge in [0.15, 0.2) is 0 Å². The van der Waals surface area contributed by atoms with E-state index in [1.807, 2.05) is 52.8 Å². The van der Waals surface area contributed by atoms with Crippen molar-refractivity contribution in [2.24, 2.45) is 0 Å². The molecule has 61 heavy (non-hydrogen) atoms. The molecule has 0 saturated carbocycles. The standard InChI is InChI=1S/C24H24N6O.C20H23N7O.C2H6/c1-4-6-18(5-2)23(31)30-13-11-19(12-14-30)22-20(16(3)28-24(26)29-22)9-7-17-8-10-21(25)27-15-17;1-3-23-20(28)27-10-8-15(9-11-27)18-16(13(2)25-19(22)26-18)6-4-14-5-7-17(21)24-12-14;1-2/h4-6,8,10-11,15H,1-2,12-14H2,3H3,(H2,25,27)(H2,26,28,29);5,7-8,12H,3,9-11H2,1-2H3,(H2,21,24)(H,23,28)(H2,22,25,26);1-2H3/b18-6+;;. The number of nitrogens with one attached hydrogen (secondary N) is 1. The van der Waals surface area contributed by atoms with Crippen molar-refractivity contribution in [1.29, 1.82) is 0 Å². The minimum absolute atomic E-state index is 0.0629. The van der Waals surface area contributed by atoms with Crippen molar-refractivity contribution >= 4 is 46.6 Å². The first-order valence-electron chi connectivity index (χ1n) is 19.8. The summed E-state index contributed by atoms with van der Waals surface area (Å²) in [7, 11) is 0. The number of amides is 3. The highest BCUT2D eigenvalue weighted by molar-refractivity contribution is 5.97. The third-order valence-electron chi connectivity index (χ3n) is 9.14. The van der Waals surface area contributed by atoms with Gasteiger partial charge >= 0.3 is 6.03 Å². The second kappa shape index (κ2) is 22.4. The molecule has 2 aliphatic rings. The molecular formula is C46H53N13O2. The van der Waals surface area contributed by atoms with Crippen LogP contribution in [0.1, 0.15) is 78.6 Å². The second-order valence-corrected chi connectivity index (χ2v) is 13.3. The van der Waals surface area contributed by atoms with Crippen LogP contribution < -0.4 is 28.3 Å². The normalized spacial score (nSPS) is 13.2. The average Bonchev–Trinajstić information content (AvgIpc) is 3.26. The number of aryl methyl sites for hydroxylation is 2. The molecule has 4 aromatic heterocycles. The van der Waals surface area contributed by atoms with Crippen molar-refractivity contribution in [3.05, 3.63) is 131 Å². The Hall–Kier alpha value is -7.78. The van der Waals surface area contributed by atoms with Crippen LogP contribution >= 0.6 is 0 Å². The van der Waals surface area contributed by atoms with Crippen LogP contribution in [0, 0.1) is 37.5 Å². The average molecular weight is 820 g/mol. The fourth-order valence-corrected chi connectivity index (χ4v) is 6.12. The van der Waals surface area contributed by atoms with Gasteiger partial charge in [0.05, 0.1) is 33.9 Å². The Balaban J connectivity index is 0.000000259. The van der Waals surface area contributed by atoms with Crippen LogP contribution in [0.2, 0.25) is 0 Å². The molecule has 0 fully saturated rings. The van der Waals surface area contributed by atoms with Crippen molar-refractivity contribution < 1.29 is 9.59 Å². The first-order chi connectivity index (χ1) is 29.4. The maximum Gasteiger partial charge on any atom is 0.317 e. The van der Waals surface area contributed by atoms with Crippen molar-refractivity contribution in [3.63, 3.8) is 0 Å². The zero-order valence-corrected chi connectivity index (χ0v) is 35.4. The maximum atomic E-state index is 12.6. The molecular weight excluding hydrogens is 767 g/mol. The number of aromatic nitrogens is 6. The van der Waals surface area contributed by atoms with Gasteiger partial charge in [0.25, 0.3) is 5.91 Å². The van der Waals surface area contributed by atoms with Gasteiger partial charge in [-0.2, -0.15) is 0 Å². The van der Waals surface area contributed by atoms with Crippen LogP contribution in [0.3, 0.4) is 0 Å². The smallest absolute Gasteiger partial charge is 0.317 e. The summed E-state index contributed by atoms with van der Waals surface area (Å²) in [6.07, 6.45) is 13.3. The summed E-state index contributed by atoms with van der Waals surface area (Å²) in [6.45, 7) is 19.7. The summed E-state index contributed by atoms with van der Waals surface area (Å²) in [6, 6.07) is 6.96. The number of urea groups is 1. The molecule has 2 aliphatic heterocycles. The van der Waals surface area contributed by atoms with Crippen LogP contribution in [0.15, 0.2) is 85.8 Å². The highest BCUT2D eigenvalue weighted by Crippen LogP contribution is 2.27. The number of allylic oxidation sites excluding steroid dienone is 2. The van der Waals surface area contributed by atoms with E-state index < -0.39 is 0 Å². The zero-order chi connectivity index (χ0) is 44.5. The summed E-state index contributed by atoms with van der Waals surface area (Å²) < 4.78 is 0. The van der Waals surface area contributed by atoms with E-state index in [1.54, 1.807) is 52.5 Å². The molecule has 0 radical (unpaired) electrons. The summed E-state index contributed by atoms with van der Waals surface area (Å²) in [5.74, 6) is 13.7. The predicted octanol–water partition coefficient (Wildman–Crippen LogP) is 5.25. The number of pyridine rings is 2. The number of rotatable bonds is 6. The first kappa shape index (κ1) is 45.9. The Labute approximate surface area is 357 Å². The number of carbonyl (C=O) groups excluding carboxylic acids is 2. The Morgan fingerprint density at radius 1 is 0.738 bits per heavy atom. The minimum Gasteiger partial charge on any atom is -0.384 e. The zero-order valence-electron chi connectivity index (χ0n) is 35.4. The lowest BCUT2D eigenvalue weighted by Gasteiger charge is -2.27. The van der Waals surface area contributed by atoms with Crippen LogP contribution in [-0.2, 0) is 4.79 Å². The molecule has 15 nitrogen and oxygen atoms in total. The van der Waals surface area contributed by atoms with E-state index in [0.29, 0.717) is 85.4 Å². The lowest BCUT2D eigenvalue weighted by molar-refractivity contribution is -0.126. The lowest BCUT2D eigenvalue weighted by Crippen LogP contribution is -2.42. The number of anilines is 4. The van der Waals surface area contributed by atoms with Crippen LogP contribution in [0.4, 0.5) is 28.3 Å². The molecule has 0 unspecified atom stereocenters. The number of carbonyl (C=O) groups is 2. The number of hydrogen-bond acceptors (Lipinski definition) is 12. The van der Waals surface area contributed by atoms with E-state index >= 15 is 0 Å². The SMILES string of the molecule is C=C/C=C(\C=C)C(=O)N1CC=C(c2nc(N)nc(C)c2C#Cc2ccc(N)nc2)CC1.CC.CCNC(=O)N1CC=C(c2nc(N)nc(C)c2C#Cc2ccc(N)nc2)CC1. The van der Waals surface area contributed by atoms with Crippen LogP contribution in [-0.4, -0.2) is 84.4 Å². The quantitative estimate of drug-likeness (QED) is 0.0954. The van der Waals surface area contributed by atoms with E-state index in [4.69, 9.17) is 22.9 Å². The number of nitrogen functional groups attached to an aromatic ring is 4. The molecule has 6 heterocycles. The number of hydrogen-bond donors (Lipinski definition) is 5. The molecule has 15 heteroatoms. The molecule has 6 rings (SSSR count). The molecule has 0 aromatic carbocycles. The molecule has 0 aliphatic carbocycles. The Morgan fingerprint density at radius 2 is 1.21 bits per heavy atom. The largest absolute Gasteiger partial charge is 0.384 e. The van der Waals surface area contributed by atoms with Gasteiger partial charge in [-0.1, -0.05) is 81.1 Å². The first-order valence-corrected chi connectivity index (χ1v) is 19.8. The van der Waals surface area contributed by atoms with E-state index in [1.165, 1.54) is 6.08 Å². The van der Waals surface area contributed by atoms with Crippen molar-refractivity contribution in [2.75, 3.05) is 55.7 Å². The summed E-state index contributed by atoms with van der Waals surface area (Å²) in [5, 5.41) is 2.82. The fraction of sp³-hybridized carbons (Fsp3) is 0.261. The highest BCUT2D eigenvalue weighted by atomic mass is 16.2. The predicted molar refractivity (Wildman–Crippen MR) is 244 cm³/mol. The maximum absolute atomic E-state index is 12.6. The van der Waals surface area contributed by atoms with Gasteiger partial charge in [-0.3, -0.25) is 4.79 Å². The molecule has 9 N–H and O–H groups in total.